The van der Waals surface area contributed by atoms with Crippen molar-refractivity contribution in [2.24, 2.45) is 0 Å². The third-order valence-electron chi connectivity index (χ3n) is 1.83. The molecule has 0 aliphatic rings. The summed E-state index contributed by atoms with van der Waals surface area (Å²) in [5.41, 5.74) is 0. The molecule has 0 fully saturated rings. The Balaban J connectivity index is 3.41. The summed E-state index contributed by atoms with van der Waals surface area (Å²) >= 11 is 0. The van der Waals surface area contributed by atoms with E-state index in [4.69, 9.17) is 0 Å². The summed E-state index contributed by atoms with van der Waals surface area (Å²) in [4.78, 5) is 0. The second-order valence-electron chi connectivity index (χ2n) is 2.83. The number of alkyl halides is 3. The lowest BCUT2D eigenvalue weighted by Crippen LogP contribution is -2.31. The predicted molar refractivity (Wildman–Crippen MR) is 43.0 cm³/mol. The first kappa shape index (κ1) is 11.8. The largest absolute Gasteiger partial charge is 0.390 e. The summed E-state index contributed by atoms with van der Waals surface area (Å²) in [5, 5.41) is 2.86. The third kappa shape index (κ3) is 6.46. The smallest absolute Gasteiger partial charge is 0.314 e. The molecule has 0 amide bonds. The van der Waals surface area contributed by atoms with E-state index in [0.717, 1.165) is 12.8 Å². The van der Waals surface area contributed by atoms with Crippen LogP contribution in [0.2, 0.25) is 0 Å². The molecule has 0 aliphatic heterocycles. The molecule has 0 unspecified atom stereocenters. The van der Waals surface area contributed by atoms with Crippen molar-refractivity contribution in [2.75, 3.05) is 6.54 Å². The number of nitrogens with one attached hydrogen (secondary N) is 1. The van der Waals surface area contributed by atoms with E-state index in [2.05, 4.69) is 5.32 Å². The van der Waals surface area contributed by atoms with Crippen molar-refractivity contribution in [1.29, 1.82) is 0 Å². The van der Waals surface area contributed by atoms with Crippen LogP contribution in [0.5, 0.6) is 0 Å². The average Bonchev–Trinajstić information content (AvgIpc) is 1.96. The number of hydrogen-bond donors (Lipinski definition) is 1. The Bertz CT molecular complexity index is 107. The highest BCUT2D eigenvalue weighted by molar-refractivity contribution is 4.63. The van der Waals surface area contributed by atoms with Gasteiger partial charge in [0.15, 0.2) is 0 Å². The fourth-order valence-electron chi connectivity index (χ4n) is 0.995. The molecule has 0 heterocycles. The first-order chi connectivity index (χ1) is 5.49. The molecule has 0 atom stereocenters. The van der Waals surface area contributed by atoms with Crippen LogP contribution in [-0.4, -0.2) is 18.8 Å². The molecule has 0 aromatic heterocycles. The fourth-order valence-corrected chi connectivity index (χ4v) is 0.995. The Kier molecular flexibility index (Phi) is 5.29. The lowest BCUT2D eigenvalue weighted by atomic mass is 10.2. The molecule has 0 aliphatic carbocycles. The van der Waals surface area contributed by atoms with Crippen LogP contribution in [0.15, 0.2) is 0 Å². The minimum atomic E-state index is -4.03. The lowest BCUT2D eigenvalue weighted by molar-refractivity contribution is -0.133. The minimum Gasteiger partial charge on any atom is -0.314 e. The van der Waals surface area contributed by atoms with E-state index in [1.807, 2.05) is 13.8 Å². The molecule has 4 heteroatoms. The van der Waals surface area contributed by atoms with Crippen molar-refractivity contribution in [3.05, 3.63) is 0 Å². The predicted octanol–water partition coefficient (Wildman–Crippen LogP) is 2.72. The van der Waals surface area contributed by atoms with E-state index >= 15 is 0 Å². The molecule has 0 saturated carbocycles. The van der Waals surface area contributed by atoms with Gasteiger partial charge in [0.2, 0.25) is 0 Å². The van der Waals surface area contributed by atoms with Gasteiger partial charge in [-0.05, 0) is 12.8 Å². The molecular weight excluding hydrogens is 167 g/mol. The van der Waals surface area contributed by atoms with E-state index in [1.54, 1.807) is 0 Å². The van der Waals surface area contributed by atoms with Crippen LogP contribution in [0.25, 0.3) is 0 Å². The number of hydrogen-bond acceptors (Lipinski definition) is 1. The van der Waals surface area contributed by atoms with Gasteiger partial charge in [-0.15, -0.1) is 0 Å². The number of halogens is 3. The maximum Gasteiger partial charge on any atom is 0.390 e. The van der Waals surface area contributed by atoms with Gasteiger partial charge in [0, 0.05) is 12.6 Å². The summed E-state index contributed by atoms with van der Waals surface area (Å²) in [6.45, 7) is 3.97. The quantitative estimate of drug-likeness (QED) is 0.691. The number of rotatable bonds is 5. The normalized spacial score (nSPS) is 12.5. The molecular formula is C8H16F3N. The highest BCUT2D eigenvalue weighted by atomic mass is 19.4. The lowest BCUT2D eigenvalue weighted by Gasteiger charge is -2.15. The second-order valence-corrected chi connectivity index (χ2v) is 2.83. The van der Waals surface area contributed by atoms with Crippen LogP contribution in [0.4, 0.5) is 13.2 Å². The molecule has 0 radical (unpaired) electrons. The topological polar surface area (TPSA) is 12.0 Å². The van der Waals surface area contributed by atoms with Crippen molar-refractivity contribution < 1.29 is 13.2 Å². The molecule has 12 heavy (non-hydrogen) atoms. The summed E-state index contributed by atoms with van der Waals surface area (Å²) in [7, 11) is 0. The average molecular weight is 183 g/mol. The Morgan fingerprint density at radius 3 is 2.00 bits per heavy atom. The SMILES string of the molecule is CCC(CC)NCCC(F)(F)F. The zero-order chi connectivity index (χ0) is 9.61. The van der Waals surface area contributed by atoms with Crippen LogP contribution in [-0.2, 0) is 0 Å². The monoisotopic (exact) mass is 183 g/mol. The van der Waals surface area contributed by atoms with Gasteiger partial charge in [0.25, 0.3) is 0 Å². The van der Waals surface area contributed by atoms with E-state index in [9.17, 15) is 13.2 Å². The van der Waals surface area contributed by atoms with Crippen molar-refractivity contribution in [3.63, 3.8) is 0 Å². The summed E-state index contributed by atoms with van der Waals surface area (Å²) < 4.78 is 35.0. The molecule has 1 N–H and O–H groups in total. The van der Waals surface area contributed by atoms with Crippen LogP contribution in [0.1, 0.15) is 33.1 Å². The highest BCUT2D eigenvalue weighted by Crippen LogP contribution is 2.18. The van der Waals surface area contributed by atoms with Gasteiger partial charge in [0.1, 0.15) is 0 Å². The van der Waals surface area contributed by atoms with Gasteiger partial charge in [-0.25, -0.2) is 0 Å². The maximum atomic E-state index is 11.7. The molecule has 0 bridgehead atoms. The molecule has 0 aromatic carbocycles. The van der Waals surface area contributed by atoms with Crippen LogP contribution < -0.4 is 5.32 Å². The summed E-state index contributed by atoms with van der Waals surface area (Å²) in [5.74, 6) is 0. The van der Waals surface area contributed by atoms with E-state index in [0.29, 0.717) is 0 Å². The molecule has 0 spiro atoms. The van der Waals surface area contributed by atoms with Gasteiger partial charge in [-0.2, -0.15) is 13.2 Å². The Morgan fingerprint density at radius 1 is 1.17 bits per heavy atom. The van der Waals surface area contributed by atoms with Crippen molar-refractivity contribution in [2.45, 2.75) is 45.3 Å². The van der Waals surface area contributed by atoms with E-state index < -0.39 is 12.6 Å². The molecule has 0 aromatic rings. The Morgan fingerprint density at radius 2 is 1.67 bits per heavy atom. The molecule has 0 saturated heterocycles. The summed E-state index contributed by atoms with van der Waals surface area (Å²) in [6.07, 6.45) is -2.99. The van der Waals surface area contributed by atoms with Gasteiger partial charge >= 0.3 is 6.18 Å². The first-order valence-electron chi connectivity index (χ1n) is 4.29. The third-order valence-corrected chi connectivity index (χ3v) is 1.83. The first-order valence-corrected chi connectivity index (χ1v) is 4.29. The Labute approximate surface area is 71.3 Å². The van der Waals surface area contributed by atoms with Crippen molar-refractivity contribution >= 4 is 0 Å². The minimum absolute atomic E-state index is 0.0375. The van der Waals surface area contributed by atoms with Crippen molar-refractivity contribution in [3.8, 4) is 0 Å². The van der Waals surface area contributed by atoms with Gasteiger partial charge in [-0.3, -0.25) is 0 Å². The van der Waals surface area contributed by atoms with Gasteiger partial charge in [0.05, 0.1) is 6.42 Å². The zero-order valence-electron chi connectivity index (χ0n) is 7.54. The molecule has 0 rings (SSSR count). The Hall–Kier alpha value is -0.250. The van der Waals surface area contributed by atoms with Crippen LogP contribution >= 0.6 is 0 Å². The van der Waals surface area contributed by atoms with Crippen molar-refractivity contribution in [1.82, 2.24) is 5.32 Å². The van der Waals surface area contributed by atoms with Gasteiger partial charge in [-0.1, -0.05) is 13.8 Å². The summed E-state index contributed by atoms with van der Waals surface area (Å²) in [6, 6.07) is 0.229. The maximum absolute atomic E-state index is 11.7. The van der Waals surface area contributed by atoms with Crippen LogP contribution in [0.3, 0.4) is 0 Å². The standard InChI is InChI=1S/C8H16F3N/c1-3-7(4-2)12-6-5-8(9,10)11/h7,12H,3-6H2,1-2H3. The highest BCUT2D eigenvalue weighted by Gasteiger charge is 2.26. The zero-order valence-corrected chi connectivity index (χ0v) is 7.54. The van der Waals surface area contributed by atoms with Gasteiger partial charge < -0.3 is 5.32 Å². The molecule has 1 nitrogen and oxygen atoms in total. The van der Waals surface area contributed by atoms with Crippen LogP contribution in [0, 0.1) is 0 Å². The molecule has 74 valence electrons. The fraction of sp³-hybridized carbons (Fsp3) is 1.00. The van der Waals surface area contributed by atoms with E-state index in [-0.39, 0.29) is 12.6 Å². The second kappa shape index (κ2) is 5.41. The van der Waals surface area contributed by atoms with E-state index in [1.165, 1.54) is 0 Å².